The molecule has 1 unspecified atom stereocenters. The van der Waals surface area contributed by atoms with E-state index in [2.05, 4.69) is 10.3 Å². The highest BCUT2D eigenvalue weighted by molar-refractivity contribution is 6.36. The van der Waals surface area contributed by atoms with Crippen LogP contribution in [0.15, 0.2) is 30.5 Å². The van der Waals surface area contributed by atoms with Crippen LogP contribution in [-0.4, -0.2) is 10.9 Å². The molecule has 4 nitrogen and oxygen atoms in total. The van der Waals surface area contributed by atoms with Crippen LogP contribution in [0, 0.1) is 5.82 Å². The zero-order valence-corrected chi connectivity index (χ0v) is 13.4. The van der Waals surface area contributed by atoms with Crippen LogP contribution in [0.3, 0.4) is 0 Å². The molecule has 4 rings (SSSR count). The number of anilines is 1. The summed E-state index contributed by atoms with van der Waals surface area (Å²) in [5.74, 6) is -0.910. The predicted molar refractivity (Wildman–Crippen MR) is 85.2 cm³/mol. The van der Waals surface area contributed by atoms with Gasteiger partial charge in [0.2, 0.25) is 0 Å². The Balaban J connectivity index is 1.93. The van der Waals surface area contributed by atoms with Crippen molar-refractivity contribution >= 4 is 22.9 Å². The van der Waals surface area contributed by atoms with E-state index in [1.54, 1.807) is 6.92 Å². The van der Waals surface area contributed by atoms with Crippen LogP contribution < -0.4 is 5.32 Å². The first-order chi connectivity index (χ1) is 12.3. The average Bonchev–Trinajstić information content (AvgIpc) is 3.09. The number of halogens is 4. The fraction of sp³-hybridized carbons (Fsp3) is 0.222. The first-order valence-electron chi connectivity index (χ1n) is 7.89. The molecule has 2 aromatic rings. The fourth-order valence-corrected chi connectivity index (χ4v) is 3.21. The number of aromatic nitrogens is 1. The van der Waals surface area contributed by atoms with Crippen molar-refractivity contribution in [3.05, 3.63) is 58.7 Å². The van der Waals surface area contributed by atoms with Gasteiger partial charge in [-0.05, 0) is 30.7 Å². The molecule has 0 aliphatic carbocycles. The van der Waals surface area contributed by atoms with Crippen molar-refractivity contribution in [1.29, 1.82) is 0 Å². The van der Waals surface area contributed by atoms with E-state index in [-0.39, 0.29) is 11.3 Å². The third-order valence-electron chi connectivity index (χ3n) is 4.40. The zero-order chi connectivity index (χ0) is 18.6. The number of amides is 1. The zero-order valence-electron chi connectivity index (χ0n) is 13.4. The SMILES string of the molecule is CCC1OC(=C2C(=O)Nc3ccc(F)cc32)c2cnc(C(F)(F)F)cc21. The van der Waals surface area contributed by atoms with Crippen molar-refractivity contribution < 1.29 is 27.1 Å². The molecule has 1 aromatic carbocycles. The number of pyridine rings is 1. The highest BCUT2D eigenvalue weighted by atomic mass is 19.4. The van der Waals surface area contributed by atoms with Crippen molar-refractivity contribution in [2.75, 3.05) is 5.32 Å². The number of hydrogen-bond donors (Lipinski definition) is 1. The molecule has 0 radical (unpaired) electrons. The van der Waals surface area contributed by atoms with Gasteiger partial charge in [0.25, 0.3) is 5.91 Å². The number of hydrogen-bond acceptors (Lipinski definition) is 3. The first-order valence-corrected chi connectivity index (χ1v) is 7.89. The molecule has 1 aromatic heterocycles. The molecular formula is C18H12F4N2O2. The van der Waals surface area contributed by atoms with Gasteiger partial charge in [-0.3, -0.25) is 9.78 Å². The minimum Gasteiger partial charge on any atom is -0.484 e. The standard InChI is InChI=1S/C18H12F4N2O2/c1-2-13-9-6-14(18(20,21)22)23-7-11(9)16(26-13)15-10-5-8(19)3-4-12(10)24-17(15)25/h3-7,13H,2H2,1H3,(H,24,25). The molecule has 2 aliphatic heterocycles. The van der Waals surface area contributed by atoms with Crippen molar-refractivity contribution in [3.63, 3.8) is 0 Å². The van der Waals surface area contributed by atoms with Crippen molar-refractivity contribution in [2.45, 2.75) is 25.6 Å². The molecule has 0 bridgehead atoms. The Morgan fingerprint density at radius 1 is 1.23 bits per heavy atom. The molecule has 1 N–H and O–H groups in total. The van der Waals surface area contributed by atoms with E-state index < -0.39 is 29.7 Å². The van der Waals surface area contributed by atoms with Gasteiger partial charge in [0, 0.05) is 28.6 Å². The summed E-state index contributed by atoms with van der Waals surface area (Å²) >= 11 is 0. The van der Waals surface area contributed by atoms with Gasteiger partial charge >= 0.3 is 6.18 Å². The molecule has 8 heteroatoms. The largest absolute Gasteiger partial charge is 0.484 e. The van der Waals surface area contributed by atoms with Crippen molar-refractivity contribution in [1.82, 2.24) is 4.98 Å². The summed E-state index contributed by atoms with van der Waals surface area (Å²) in [6.45, 7) is 1.76. The normalized spacial score (nSPS) is 21.3. The summed E-state index contributed by atoms with van der Waals surface area (Å²) in [4.78, 5) is 15.9. The lowest BCUT2D eigenvalue weighted by Crippen LogP contribution is -2.09. The highest BCUT2D eigenvalue weighted by Crippen LogP contribution is 2.47. The second-order valence-corrected chi connectivity index (χ2v) is 6.02. The van der Waals surface area contributed by atoms with Gasteiger partial charge in [0.15, 0.2) is 0 Å². The van der Waals surface area contributed by atoms with Crippen LogP contribution in [0.4, 0.5) is 23.2 Å². The van der Waals surface area contributed by atoms with E-state index >= 15 is 0 Å². The molecular weight excluding hydrogens is 352 g/mol. The number of benzene rings is 1. The Labute approximate surface area is 145 Å². The molecule has 3 heterocycles. The molecule has 0 fully saturated rings. The maximum absolute atomic E-state index is 13.6. The van der Waals surface area contributed by atoms with E-state index in [4.69, 9.17) is 4.74 Å². The van der Waals surface area contributed by atoms with E-state index in [0.29, 0.717) is 28.8 Å². The summed E-state index contributed by atoms with van der Waals surface area (Å²) in [6.07, 6.45) is -3.75. The summed E-state index contributed by atoms with van der Waals surface area (Å²) in [7, 11) is 0. The van der Waals surface area contributed by atoms with Crippen LogP contribution >= 0.6 is 0 Å². The molecule has 1 atom stereocenters. The second-order valence-electron chi connectivity index (χ2n) is 6.02. The highest BCUT2D eigenvalue weighted by Gasteiger charge is 2.39. The Hall–Kier alpha value is -2.90. The topological polar surface area (TPSA) is 51.2 Å². The summed E-state index contributed by atoms with van der Waals surface area (Å²) in [5.41, 5.74) is 0.434. The number of nitrogens with one attached hydrogen (secondary N) is 1. The van der Waals surface area contributed by atoms with Gasteiger partial charge in [0.1, 0.15) is 23.4 Å². The van der Waals surface area contributed by atoms with Crippen LogP contribution in [-0.2, 0) is 15.7 Å². The number of fused-ring (bicyclic) bond motifs is 2. The minimum absolute atomic E-state index is 0.0956. The monoisotopic (exact) mass is 364 g/mol. The third-order valence-corrected chi connectivity index (χ3v) is 4.40. The van der Waals surface area contributed by atoms with Crippen molar-refractivity contribution in [2.24, 2.45) is 0 Å². The lowest BCUT2D eigenvalue weighted by Gasteiger charge is -2.10. The van der Waals surface area contributed by atoms with Gasteiger partial charge in [0.05, 0.1) is 5.57 Å². The Morgan fingerprint density at radius 2 is 2.00 bits per heavy atom. The van der Waals surface area contributed by atoms with Gasteiger partial charge in [-0.15, -0.1) is 0 Å². The molecule has 0 spiro atoms. The van der Waals surface area contributed by atoms with Gasteiger partial charge in [-0.25, -0.2) is 4.39 Å². The molecule has 1 amide bonds. The maximum Gasteiger partial charge on any atom is 0.433 e. The second kappa shape index (κ2) is 5.55. The van der Waals surface area contributed by atoms with E-state index in [0.717, 1.165) is 12.3 Å². The third kappa shape index (κ3) is 2.44. The molecule has 134 valence electrons. The number of ether oxygens (including phenoxy) is 1. The molecule has 0 saturated carbocycles. The lowest BCUT2D eigenvalue weighted by molar-refractivity contribution is -0.141. The van der Waals surface area contributed by atoms with Crippen LogP contribution in [0.1, 0.15) is 41.8 Å². The average molecular weight is 364 g/mol. The van der Waals surface area contributed by atoms with E-state index in [1.807, 2.05) is 0 Å². The smallest absolute Gasteiger partial charge is 0.433 e. The summed E-state index contributed by atoms with van der Waals surface area (Å²) in [6, 6.07) is 4.77. The number of carbonyl (C=O) groups excluding carboxylic acids is 1. The maximum atomic E-state index is 13.6. The Kier molecular flexibility index (Phi) is 3.54. The quantitative estimate of drug-likeness (QED) is 0.597. The minimum atomic E-state index is -4.58. The number of rotatable bonds is 1. The number of nitrogens with zero attached hydrogens (tertiary/aromatic N) is 1. The first kappa shape index (κ1) is 16.6. The summed E-state index contributed by atoms with van der Waals surface area (Å²) < 4.78 is 58.3. The van der Waals surface area contributed by atoms with Gasteiger partial charge in [-0.2, -0.15) is 13.2 Å². The van der Waals surface area contributed by atoms with Gasteiger partial charge in [-0.1, -0.05) is 6.92 Å². The van der Waals surface area contributed by atoms with Crippen LogP contribution in [0.2, 0.25) is 0 Å². The van der Waals surface area contributed by atoms with Gasteiger partial charge < -0.3 is 10.1 Å². The predicted octanol–water partition coefficient (Wildman–Crippen LogP) is 4.54. The molecule has 26 heavy (non-hydrogen) atoms. The Bertz CT molecular complexity index is 966. The molecule has 0 saturated heterocycles. The lowest BCUT2D eigenvalue weighted by atomic mass is 9.99. The van der Waals surface area contributed by atoms with Crippen LogP contribution in [0.25, 0.3) is 11.3 Å². The molecule has 2 aliphatic rings. The summed E-state index contributed by atoms with van der Waals surface area (Å²) in [5, 5.41) is 2.61. The number of alkyl halides is 3. The van der Waals surface area contributed by atoms with Crippen LogP contribution in [0.5, 0.6) is 0 Å². The number of carbonyl (C=O) groups is 1. The van der Waals surface area contributed by atoms with E-state index in [9.17, 15) is 22.4 Å². The Morgan fingerprint density at radius 3 is 2.69 bits per heavy atom. The fourth-order valence-electron chi connectivity index (χ4n) is 3.21. The van der Waals surface area contributed by atoms with Crippen molar-refractivity contribution in [3.8, 4) is 0 Å². The van der Waals surface area contributed by atoms with E-state index in [1.165, 1.54) is 18.2 Å².